The van der Waals surface area contributed by atoms with Crippen molar-refractivity contribution < 1.29 is 14.7 Å². The van der Waals surface area contributed by atoms with Crippen LogP contribution in [-0.2, 0) is 11.8 Å². The van der Waals surface area contributed by atoms with Crippen LogP contribution in [-0.4, -0.2) is 44.0 Å². The second-order valence-corrected chi connectivity index (χ2v) is 4.29. The third-order valence-corrected chi connectivity index (χ3v) is 2.60. The maximum atomic E-state index is 12.1. The average Bonchev–Trinajstić information content (AvgIpc) is 2.32. The molecule has 1 aromatic heterocycles. The molecule has 0 bridgehead atoms. The number of rotatable bonds is 4. The molecule has 0 atom stereocenters. The van der Waals surface area contributed by atoms with E-state index < -0.39 is 29.7 Å². The number of aromatic nitrogens is 2. The maximum absolute atomic E-state index is 12.1. The van der Waals surface area contributed by atoms with Gasteiger partial charge in [-0.05, 0) is 13.8 Å². The molecule has 1 aromatic rings. The summed E-state index contributed by atoms with van der Waals surface area (Å²) in [5, 5.41) is 8.76. The lowest BCUT2D eigenvalue weighted by Crippen LogP contribution is -2.45. The zero-order chi connectivity index (χ0) is 14.7. The van der Waals surface area contributed by atoms with E-state index in [9.17, 15) is 19.2 Å². The first-order chi connectivity index (χ1) is 8.75. The maximum Gasteiger partial charge on any atom is 0.328 e. The molecule has 1 amide bonds. The number of aromatic amines is 1. The molecule has 104 valence electrons. The second kappa shape index (κ2) is 5.51. The van der Waals surface area contributed by atoms with Crippen molar-refractivity contribution in [3.05, 3.63) is 32.6 Å². The van der Waals surface area contributed by atoms with Gasteiger partial charge < -0.3 is 15.0 Å². The van der Waals surface area contributed by atoms with E-state index in [1.165, 1.54) is 7.05 Å². The summed E-state index contributed by atoms with van der Waals surface area (Å²) in [6.07, 6.45) is 1.00. The highest BCUT2D eigenvalue weighted by atomic mass is 16.4. The van der Waals surface area contributed by atoms with Crippen LogP contribution in [0.2, 0.25) is 0 Å². The first-order valence-electron chi connectivity index (χ1n) is 5.57. The minimum absolute atomic E-state index is 0.267. The number of nitrogens with one attached hydrogen (secondary N) is 1. The molecular weight excluding hydrogens is 254 g/mol. The largest absolute Gasteiger partial charge is 0.480 e. The van der Waals surface area contributed by atoms with Crippen LogP contribution in [0.3, 0.4) is 0 Å². The predicted molar refractivity (Wildman–Crippen MR) is 66.1 cm³/mol. The minimum atomic E-state index is -1.18. The lowest BCUT2D eigenvalue weighted by Gasteiger charge is -2.24. The smallest absolute Gasteiger partial charge is 0.328 e. The predicted octanol–water partition coefficient (Wildman–Crippen LogP) is -0.991. The highest BCUT2D eigenvalue weighted by molar-refractivity contribution is 5.95. The van der Waals surface area contributed by atoms with Crippen molar-refractivity contribution in [2.75, 3.05) is 6.54 Å². The van der Waals surface area contributed by atoms with E-state index in [0.717, 1.165) is 15.7 Å². The van der Waals surface area contributed by atoms with Gasteiger partial charge in [0.2, 0.25) is 0 Å². The van der Waals surface area contributed by atoms with Crippen LogP contribution in [0.4, 0.5) is 0 Å². The summed E-state index contributed by atoms with van der Waals surface area (Å²) < 4.78 is 0.756. The van der Waals surface area contributed by atoms with Gasteiger partial charge in [-0.2, -0.15) is 0 Å². The number of carbonyl (C=O) groups is 2. The molecule has 0 fully saturated rings. The fourth-order valence-corrected chi connectivity index (χ4v) is 1.51. The van der Waals surface area contributed by atoms with Gasteiger partial charge in [0, 0.05) is 19.3 Å². The Balaban J connectivity index is 3.25. The Morgan fingerprint density at radius 1 is 1.42 bits per heavy atom. The quantitative estimate of drug-likeness (QED) is 0.728. The number of carboxylic acid groups (broad SMARTS) is 1. The van der Waals surface area contributed by atoms with E-state index in [-0.39, 0.29) is 11.6 Å². The standard InChI is InChI=1S/C11H15N3O5/c1-6(2)14(5-8(15)16)10(18)7-4-12-11(19)13(3)9(7)17/h4,6H,5H2,1-3H3,(H,12,19)(H,15,16). The van der Waals surface area contributed by atoms with E-state index in [1.807, 2.05) is 0 Å². The third kappa shape index (κ3) is 3.09. The van der Waals surface area contributed by atoms with Crippen molar-refractivity contribution in [2.24, 2.45) is 7.05 Å². The molecule has 1 rings (SSSR count). The van der Waals surface area contributed by atoms with Gasteiger partial charge in [-0.3, -0.25) is 19.0 Å². The summed E-state index contributed by atoms with van der Waals surface area (Å²) >= 11 is 0. The Morgan fingerprint density at radius 3 is 2.47 bits per heavy atom. The Bertz CT molecular complexity index is 613. The number of carbonyl (C=O) groups excluding carboxylic acids is 1. The summed E-state index contributed by atoms with van der Waals surface area (Å²) in [5.74, 6) is -1.91. The molecule has 0 aliphatic heterocycles. The van der Waals surface area contributed by atoms with Crippen LogP contribution in [0.5, 0.6) is 0 Å². The summed E-state index contributed by atoms with van der Waals surface area (Å²) in [7, 11) is 1.23. The van der Waals surface area contributed by atoms with Gasteiger partial charge in [-0.15, -0.1) is 0 Å². The topological polar surface area (TPSA) is 112 Å². The van der Waals surface area contributed by atoms with Crippen LogP contribution in [0.25, 0.3) is 0 Å². The molecule has 0 aliphatic rings. The van der Waals surface area contributed by atoms with Crippen LogP contribution >= 0.6 is 0 Å². The van der Waals surface area contributed by atoms with Gasteiger partial charge in [0.25, 0.3) is 11.5 Å². The van der Waals surface area contributed by atoms with Crippen molar-refractivity contribution in [1.82, 2.24) is 14.5 Å². The highest BCUT2D eigenvalue weighted by Crippen LogP contribution is 2.03. The summed E-state index contributed by atoms with van der Waals surface area (Å²) in [4.78, 5) is 49.1. The SMILES string of the molecule is CC(C)N(CC(=O)O)C(=O)c1c[nH]c(=O)n(C)c1=O. The van der Waals surface area contributed by atoms with E-state index in [2.05, 4.69) is 4.98 Å². The van der Waals surface area contributed by atoms with Gasteiger partial charge in [0.15, 0.2) is 0 Å². The molecule has 0 aromatic carbocycles. The van der Waals surface area contributed by atoms with Crippen molar-refractivity contribution in [2.45, 2.75) is 19.9 Å². The van der Waals surface area contributed by atoms with Crippen molar-refractivity contribution in [3.8, 4) is 0 Å². The molecular formula is C11H15N3O5. The fraction of sp³-hybridized carbons (Fsp3) is 0.455. The van der Waals surface area contributed by atoms with Gasteiger partial charge in [-0.25, -0.2) is 4.79 Å². The lowest BCUT2D eigenvalue weighted by atomic mass is 10.2. The molecule has 8 nitrogen and oxygen atoms in total. The van der Waals surface area contributed by atoms with Crippen molar-refractivity contribution in [1.29, 1.82) is 0 Å². The summed E-state index contributed by atoms with van der Waals surface area (Å²) in [6.45, 7) is 2.76. The number of carboxylic acids is 1. The van der Waals surface area contributed by atoms with Crippen LogP contribution in [0.15, 0.2) is 15.8 Å². The number of nitrogens with zero attached hydrogens (tertiary/aromatic N) is 2. The first-order valence-corrected chi connectivity index (χ1v) is 5.57. The number of amides is 1. The Kier molecular flexibility index (Phi) is 4.26. The number of H-pyrrole nitrogens is 1. The molecule has 0 saturated carbocycles. The van der Waals surface area contributed by atoms with E-state index in [1.54, 1.807) is 13.8 Å². The van der Waals surface area contributed by atoms with Crippen LogP contribution in [0, 0.1) is 0 Å². The fourth-order valence-electron chi connectivity index (χ4n) is 1.51. The molecule has 0 saturated heterocycles. The Labute approximate surface area is 108 Å². The minimum Gasteiger partial charge on any atom is -0.480 e. The van der Waals surface area contributed by atoms with Gasteiger partial charge in [0.05, 0.1) is 0 Å². The van der Waals surface area contributed by atoms with Gasteiger partial charge in [-0.1, -0.05) is 0 Å². The zero-order valence-corrected chi connectivity index (χ0v) is 10.8. The highest BCUT2D eigenvalue weighted by Gasteiger charge is 2.24. The van der Waals surface area contributed by atoms with E-state index in [4.69, 9.17) is 5.11 Å². The summed E-state index contributed by atoms with van der Waals surface area (Å²) in [5.41, 5.74) is -1.67. The lowest BCUT2D eigenvalue weighted by molar-refractivity contribution is -0.138. The molecule has 0 aliphatic carbocycles. The molecule has 1 heterocycles. The zero-order valence-electron chi connectivity index (χ0n) is 10.8. The number of aliphatic carboxylic acids is 1. The molecule has 8 heteroatoms. The molecule has 0 spiro atoms. The normalized spacial score (nSPS) is 10.5. The average molecular weight is 269 g/mol. The molecule has 0 unspecified atom stereocenters. The first kappa shape index (κ1) is 14.7. The Hall–Kier alpha value is -2.38. The third-order valence-electron chi connectivity index (χ3n) is 2.60. The number of hydrogen-bond donors (Lipinski definition) is 2. The van der Waals surface area contributed by atoms with Crippen LogP contribution in [0.1, 0.15) is 24.2 Å². The van der Waals surface area contributed by atoms with E-state index >= 15 is 0 Å². The van der Waals surface area contributed by atoms with Crippen molar-refractivity contribution in [3.63, 3.8) is 0 Å². The molecule has 19 heavy (non-hydrogen) atoms. The van der Waals surface area contributed by atoms with Crippen molar-refractivity contribution >= 4 is 11.9 Å². The van der Waals surface area contributed by atoms with Gasteiger partial charge >= 0.3 is 11.7 Å². The second-order valence-electron chi connectivity index (χ2n) is 4.29. The monoisotopic (exact) mass is 269 g/mol. The van der Waals surface area contributed by atoms with Crippen LogP contribution < -0.4 is 11.2 Å². The molecule has 2 N–H and O–H groups in total. The Morgan fingerprint density at radius 2 is 2.00 bits per heavy atom. The summed E-state index contributed by atoms with van der Waals surface area (Å²) in [6, 6.07) is -0.389. The molecule has 0 radical (unpaired) electrons. The van der Waals surface area contributed by atoms with E-state index in [0.29, 0.717) is 0 Å². The number of hydrogen-bond acceptors (Lipinski definition) is 4. The van der Waals surface area contributed by atoms with Gasteiger partial charge in [0.1, 0.15) is 12.1 Å².